The first-order chi connectivity index (χ1) is 11.2. The Kier molecular flexibility index (Phi) is 3.97. The lowest BCUT2D eigenvalue weighted by molar-refractivity contribution is 0.00578. The van der Waals surface area contributed by atoms with Gasteiger partial charge >= 0.3 is 7.12 Å². The van der Waals surface area contributed by atoms with Crippen molar-refractivity contribution in [2.75, 3.05) is 5.32 Å². The van der Waals surface area contributed by atoms with Crippen molar-refractivity contribution in [3.63, 3.8) is 0 Å². The van der Waals surface area contributed by atoms with Crippen LogP contribution in [0.5, 0.6) is 0 Å². The van der Waals surface area contributed by atoms with E-state index in [0.29, 0.717) is 17.0 Å². The summed E-state index contributed by atoms with van der Waals surface area (Å²) in [4.78, 5) is 20.9. The van der Waals surface area contributed by atoms with Gasteiger partial charge in [-0.2, -0.15) is 0 Å². The van der Waals surface area contributed by atoms with E-state index in [2.05, 4.69) is 15.3 Å². The summed E-state index contributed by atoms with van der Waals surface area (Å²) in [5, 5.41) is 3.13. The van der Waals surface area contributed by atoms with Gasteiger partial charge in [0.1, 0.15) is 5.82 Å². The van der Waals surface area contributed by atoms with Gasteiger partial charge in [0.2, 0.25) is 0 Å². The van der Waals surface area contributed by atoms with E-state index < -0.39 is 18.3 Å². The molecule has 3 heterocycles. The SMILES string of the molecule is Cn1ccc(Nc2cnccn2)c(B2OC(C)(C)C(C)(C)O2)c1=O. The highest BCUT2D eigenvalue weighted by atomic mass is 16.7. The molecule has 1 aliphatic heterocycles. The molecule has 0 saturated carbocycles. The van der Waals surface area contributed by atoms with Crippen molar-refractivity contribution < 1.29 is 9.31 Å². The standard InChI is InChI=1S/C16H21BN4O3/c1-15(2)16(3,4)24-17(23-15)13-11(6-9-21(5)14(13)22)20-12-10-18-7-8-19-12/h6-10H,1-5H3,(H,19,20). The summed E-state index contributed by atoms with van der Waals surface area (Å²) in [6.07, 6.45) is 6.45. The molecule has 2 aromatic heterocycles. The first-order valence-electron chi connectivity index (χ1n) is 7.79. The molecule has 1 aliphatic rings. The lowest BCUT2D eigenvalue weighted by Gasteiger charge is -2.32. The first-order valence-corrected chi connectivity index (χ1v) is 7.79. The Morgan fingerprint density at radius 3 is 2.42 bits per heavy atom. The molecule has 0 spiro atoms. The number of pyridine rings is 1. The van der Waals surface area contributed by atoms with Crippen LogP contribution in [0, 0.1) is 0 Å². The number of aryl methyl sites for hydroxylation is 1. The van der Waals surface area contributed by atoms with Crippen LogP contribution in [0.15, 0.2) is 35.6 Å². The highest BCUT2D eigenvalue weighted by Gasteiger charge is 2.53. The fraction of sp³-hybridized carbons (Fsp3) is 0.438. The van der Waals surface area contributed by atoms with E-state index in [4.69, 9.17) is 9.31 Å². The van der Waals surface area contributed by atoms with Crippen LogP contribution in [-0.4, -0.2) is 32.9 Å². The van der Waals surface area contributed by atoms with Crippen LogP contribution in [0.2, 0.25) is 0 Å². The van der Waals surface area contributed by atoms with Gasteiger partial charge in [-0.25, -0.2) is 4.98 Å². The minimum atomic E-state index is -0.755. The van der Waals surface area contributed by atoms with Crippen molar-refractivity contribution >= 4 is 24.1 Å². The van der Waals surface area contributed by atoms with Crippen molar-refractivity contribution in [2.45, 2.75) is 38.9 Å². The van der Waals surface area contributed by atoms with Crippen molar-refractivity contribution in [1.29, 1.82) is 0 Å². The van der Waals surface area contributed by atoms with Gasteiger partial charge in [-0.1, -0.05) is 0 Å². The summed E-state index contributed by atoms with van der Waals surface area (Å²) in [5.74, 6) is 0.545. The van der Waals surface area contributed by atoms with Crippen molar-refractivity contribution in [1.82, 2.24) is 14.5 Å². The van der Waals surface area contributed by atoms with Gasteiger partial charge in [-0.15, -0.1) is 0 Å². The third-order valence-electron chi connectivity index (χ3n) is 4.62. The minimum Gasteiger partial charge on any atom is -0.399 e. The molecule has 0 aromatic carbocycles. The Morgan fingerprint density at radius 1 is 1.17 bits per heavy atom. The van der Waals surface area contributed by atoms with Crippen molar-refractivity contribution in [3.8, 4) is 0 Å². The zero-order valence-electron chi connectivity index (χ0n) is 14.5. The second-order valence-corrected chi connectivity index (χ2v) is 6.86. The molecule has 24 heavy (non-hydrogen) atoms. The number of hydrogen-bond acceptors (Lipinski definition) is 6. The van der Waals surface area contributed by atoms with Crippen molar-refractivity contribution in [2.24, 2.45) is 7.05 Å². The maximum atomic E-state index is 12.7. The lowest BCUT2D eigenvalue weighted by atomic mass is 9.78. The van der Waals surface area contributed by atoms with Gasteiger partial charge < -0.3 is 19.2 Å². The molecule has 0 amide bonds. The topological polar surface area (TPSA) is 78.3 Å². The van der Waals surface area contributed by atoms with Gasteiger partial charge in [0, 0.05) is 31.3 Å². The van der Waals surface area contributed by atoms with E-state index in [0.717, 1.165) is 0 Å². The monoisotopic (exact) mass is 328 g/mol. The van der Waals surface area contributed by atoms with Crippen LogP contribution in [-0.2, 0) is 16.4 Å². The molecule has 1 fully saturated rings. The van der Waals surface area contributed by atoms with Crippen LogP contribution in [0.4, 0.5) is 11.5 Å². The van der Waals surface area contributed by atoms with Crippen LogP contribution in [0.1, 0.15) is 27.7 Å². The predicted molar refractivity (Wildman–Crippen MR) is 92.7 cm³/mol. The van der Waals surface area contributed by atoms with E-state index in [-0.39, 0.29) is 5.56 Å². The molecular weight excluding hydrogens is 307 g/mol. The number of hydrogen-bond donors (Lipinski definition) is 1. The molecule has 2 aromatic rings. The smallest absolute Gasteiger partial charge is 0.399 e. The van der Waals surface area contributed by atoms with Crippen LogP contribution >= 0.6 is 0 Å². The third kappa shape index (κ3) is 2.83. The van der Waals surface area contributed by atoms with Crippen LogP contribution in [0.3, 0.4) is 0 Å². The molecule has 0 radical (unpaired) electrons. The molecular formula is C16H21BN4O3. The van der Waals surface area contributed by atoms with E-state index in [1.807, 2.05) is 27.7 Å². The quantitative estimate of drug-likeness (QED) is 0.854. The fourth-order valence-corrected chi connectivity index (χ4v) is 2.45. The normalized spacial score (nSPS) is 18.6. The van der Waals surface area contributed by atoms with Gasteiger partial charge in [0.15, 0.2) is 0 Å². The molecule has 8 heteroatoms. The summed E-state index contributed by atoms with van der Waals surface area (Å²) < 4.78 is 13.6. The molecule has 3 rings (SSSR count). The largest absolute Gasteiger partial charge is 0.502 e. The van der Waals surface area contributed by atoms with Crippen LogP contribution in [0.25, 0.3) is 0 Å². The Morgan fingerprint density at radius 2 is 1.83 bits per heavy atom. The minimum absolute atomic E-state index is 0.178. The summed E-state index contributed by atoms with van der Waals surface area (Å²) in [6, 6.07) is 1.80. The van der Waals surface area contributed by atoms with Gasteiger partial charge in [-0.05, 0) is 33.8 Å². The zero-order valence-corrected chi connectivity index (χ0v) is 14.5. The Labute approximate surface area is 141 Å². The lowest BCUT2D eigenvalue weighted by Crippen LogP contribution is -2.48. The Bertz CT molecular complexity index is 789. The van der Waals surface area contributed by atoms with E-state index in [1.54, 1.807) is 37.9 Å². The maximum absolute atomic E-state index is 12.7. The highest BCUT2D eigenvalue weighted by molar-refractivity contribution is 6.63. The van der Waals surface area contributed by atoms with E-state index in [9.17, 15) is 4.79 Å². The summed E-state index contributed by atoms with van der Waals surface area (Å²) >= 11 is 0. The highest BCUT2D eigenvalue weighted by Crippen LogP contribution is 2.36. The average molecular weight is 328 g/mol. The molecule has 0 bridgehead atoms. The van der Waals surface area contributed by atoms with Gasteiger partial charge in [0.25, 0.3) is 5.56 Å². The molecule has 1 N–H and O–H groups in total. The summed E-state index contributed by atoms with van der Waals surface area (Å²) in [5.41, 5.74) is -0.214. The number of nitrogens with one attached hydrogen (secondary N) is 1. The molecule has 1 saturated heterocycles. The number of anilines is 2. The zero-order chi connectivity index (χ0) is 17.5. The molecule has 7 nitrogen and oxygen atoms in total. The van der Waals surface area contributed by atoms with E-state index >= 15 is 0 Å². The summed E-state index contributed by atoms with van der Waals surface area (Å²) in [7, 11) is 0.942. The maximum Gasteiger partial charge on any atom is 0.502 e. The van der Waals surface area contributed by atoms with Crippen LogP contribution < -0.4 is 16.3 Å². The van der Waals surface area contributed by atoms with E-state index in [1.165, 1.54) is 4.57 Å². The molecule has 126 valence electrons. The number of aromatic nitrogens is 3. The number of nitrogens with zero attached hydrogens (tertiary/aromatic N) is 3. The van der Waals surface area contributed by atoms with Crippen molar-refractivity contribution in [3.05, 3.63) is 41.2 Å². The first kappa shape index (κ1) is 16.7. The Hall–Kier alpha value is -2.19. The van der Waals surface area contributed by atoms with Gasteiger partial charge in [-0.3, -0.25) is 9.78 Å². The molecule has 0 aliphatic carbocycles. The molecule has 0 atom stereocenters. The number of rotatable bonds is 3. The predicted octanol–water partition coefficient (Wildman–Crippen LogP) is 1.22. The van der Waals surface area contributed by atoms with Gasteiger partial charge in [0.05, 0.1) is 22.9 Å². The molecule has 0 unspecified atom stereocenters. The third-order valence-corrected chi connectivity index (χ3v) is 4.62. The second-order valence-electron chi connectivity index (χ2n) is 6.86. The second kappa shape index (κ2) is 5.72. The Balaban J connectivity index is 2.04. The fourth-order valence-electron chi connectivity index (χ4n) is 2.45. The summed E-state index contributed by atoms with van der Waals surface area (Å²) in [6.45, 7) is 7.82. The average Bonchev–Trinajstić information content (AvgIpc) is 2.72.